The first-order valence-electron chi connectivity index (χ1n) is 10.3. The Morgan fingerprint density at radius 1 is 1.10 bits per heavy atom. The van der Waals surface area contributed by atoms with Crippen molar-refractivity contribution in [3.8, 4) is 17.2 Å². The number of nitrogens with zero attached hydrogens (tertiary/aromatic N) is 1. The number of morpholine rings is 1. The van der Waals surface area contributed by atoms with Crippen molar-refractivity contribution in [3.05, 3.63) is 52.5 Å². The summed E-state index contributed by atoms with van der Waals surface area (Å²) in [7, 11) is 3.32. The number of ether oxygens (including phenoxy) is 4. The van der Waals surface area contributed by atoms with Crippen molar-refractivity contribution in [3.63, 3.8) is 0 Å². The van der Waals surface area contributed by atoms with Gasteiger partial charge in [0.25, 0.3) is 0 Å². The second kappa shape index (κ2) is 11.4. The van der Waals surface area contributed by atoms with Gasteiger partial charge in [0.1, 0.15) is 5.75 Å². The maximum atomic E-state index is 6.41. The van der Waals surface area contributed by atoms with Crippen LogP contribution in [0.5, 0.6) is 17.2 Å². The van der Waals surface area contributed by atoms with E-state index < -0.39 is 0 Å². The molecular weight excluding hydrogens is 404 g/mol. The molecular formula is C23H31ClN2O4. The van der Waals surface area contributed by atoms with Crippen LogP contribution in [0.25, 0.3) is 0 Å². The van der Waals surface area contributed by atoms with Gasteiger partial charge in [-0.05, 0) is 42.3 Å². The van der Waals surface area contributed by atoms with Crippen LogP contribution in [0.2, 0.25) is 5.02 Å². The first kappa shape index (κ1) is 22.7. The molecule has 0 aromatic heterocycles. The molecule has 164 valence electrons. The van der Waals surface area contributed by atoms with Crippen LogP contribution < -0.4 is 19.5 Å². The summed E-state index contributed by atoms with van der Waals surface area (Å²) in [6.45, 7) is 7.31. The maximum Gasteiger partial charge on any atom is 0.179 e. The quantitative estimate of drug-likeness (QED) is 0.611. The third-order valence-corrected chi connectivity index (χ3v) is 5.51. The van der Waals surface area contributed by atoms with E-state index in [1.54, 1.807) is 14.2 Å². The molecule has 7 heteroatoms. The van der Waals surface area contributed by atoms with Crippen LogP contribution >= 0.6 is 11.6 Å². The molecule has 1 N–H and O–H groups in total. The number of hydrogen-bond donors (Lipinski definition) is 1. The van der Waals surface area contributed by atoms with Gasteiger partial charge >= 0.3 is 0 Å². The van der Waals surface area contributed by atoms with E-state index in [1.807, 2.05) is 31.2 Å². The third-order valence-electron chi connectivity index (χ3n) is 5.23. The summed E-state index contributed by atoms with van der Waals surface area (Å²) in [6.07, 6.45) is 0. The van der Waals surface area contributed by atoms with Gasteiger partial charge in [0.15, 0.2) is 11.5 Å². The van der Waals surface area contributed by atoms with Crippen molar-refractivity contribution in [1.29, 1.82) is 0 Å². The largest absolute Gasteiger partial charge is 0.497 e. The molecule has 1 fully saturated rings. The van der Waals surface area contributed by atoms with Gasteiger partial charge in [-0.3, -0.25) is 4.90 Å². The van der Waals surface area contributed by atoms with E-state index in [2.05, 4.69) is 22.3 Å². The Morgan fingerprint density at radius 2 is 1.83 bits per heavy atom. The summed E-state index contributed by atoms with van der Waals surface area (Å²) in [4.78, 5) is 2.46. The van der Waals surface area contributed by atoms with Crippen LogP contribution in [0.4, 0.5) is 0 Å². The average molecular weight is 435 g/mol. The fourth-order valence-corrected chi connectivity index (χ4v) is 3.97. The Kier molecular flexibility index (Phi) is 8.63. The average Bonchev–Trinajstić information content (AvgIpc) is 2.79. The zero-order chi connectivity index (χ0) is 21.3. The van der Waals surface area contributed by atoms with Crippen LogP contribution in [-0.4, -0.2) is 58.6 Å². The molecule has 1 saturated heterocycles. The fraction of sp³-hybridized carbons (Fsp3) is 0.478. The highest BCUT2D eigenvalue weighted by Crippen LogP contribution is 2.36. The zero-order valence-corrected chi connectivity index (χ0v) is 18.7. The Morgan fingerprint density at radius 3 is 2.47 bits per heavy atom. The molecule has 0 bridgehead atoms. The van der Waals surface area contributed by atoms with Gasteiger partial charge in [-0.2, -0.15) is 0 Å². The smallest absolute Gasteiger partial charge is 0.179 e. The van der Waals surface area contributed by atoms with E-state index in [-0.39, 0.29) is 6.04 Å². The number of hydrogen-bond acceptors (Lipinski definition) is 6. The molecule has 1 atom stereocenters. The van der Waals surface area contributed by atoms with E-state index in [9.17, 15) is 0 Å². The number of halogens is 1. The summed E-state index contributed by atoms with van der Waals surface area (Å²) in [5, 5.41) is 4.15. The van der Waals surface area contributed by atoms with Crippen molar-refractivity contribution in [2.75, 3.05) is 53.7 Å². The van der Waals surface area contributed by atoms with Gasteiger partial charge in [-0.15, -0.1) is 0 Å². The van der Waals surface area contributed by atoms with Gasteiger partial charge in [-0.25, -0.2) is 0 Å². The second-order valence-electron chi connectivity index (χ2n) is 7.11. The standard InChI is InChI=1S/C23H31ClN2O4/c1-4-30-23-20(24)13-17(14-22(23)28-3)15-25-16-21(26-9-11-29-12-10-26)18-5-7-19(27-2)8-6-18/h5-8,13-14,21,25H,4,9-12,15-16H2,1-3H3. The van der Waals surface area contributed by atoms with Crippen molar-refractivity contribution in [2.45, 2.75) is 19.5 Å². The van der Waals surface area contributed by atoms with Crippen LogP contribution in [0, 0.1) is 0 Å². The Labute approximate surface area is 184 Å². The second-order valence-corrected chi connectivity index (χ2v) is 7.52. The SMILES string of the molecule is CCOc1c(Cl)cc(CNCC(c2ccc(OC)cc2)N2CCOCC2)cc1OC. The van der Waals surface area contributed by atoms with E-state index in [1.165, 1.54) is 5.56 Å². The lowest BCUT2D eigenvalue weighted by Gasteiger charge is -2.35. The van der Waals surface area contributed by atoms with E-state index in [0.717, 1.165) is 44.2 Å². The third kappa shape index (κ3) is 5.79. The van der Waals surface area contributed by atoms with Crippen molar-refractivity contribution in [1.82, 2.24) is 10.2 Å². The molecule has 1 aliphatic heterocycles. The van der Waals surface area contributed by atoms with Crippen molar-refractivity contribution in [2.24, 2.45) is 0 Å². The summed E-state index contributed by atoms with van der Waals surface area (Å²) in [5.74, 6) is 2.11. The predicted octanol–water partition coefficient (Wildman–Crippen LogP) is 3.92. The van der Waals surface area contributed by atoms with Gasteiger partial charge in [0.05, 0.1) is 39.1 Å². The highest BCUT2D eigenvalue weighted by atomic mass is 35.5. The summed E-state index contributed by atoms with van der Waals surface area (Å²) in [5.41, 5.74) is 2.31. The Balaban J connectivity index is 1.70. The van der Waals surface area contributed by atoms with Crippen molar-refractivity contribution >= 4 is 11.6 Å². The Hall–Kier alpha value is -1.99. The zero-order valence-electron chi connectivity index (χ0n) is 17.9. The minimum atomic E-state index is 0.250. The monoisotopic (exact) mass is 434 g/mol. The summed E-state index contributed by atoms with van der Waals surface area (Å²) < 4.78 is 21.9. The molecule has 0 saturated carbocycles. The summed E-state index contributed by atoms with van der Waals surface area (Å²) >= 11 is 6.41. The fourth-order valence-electron chi connectivity index (χ4n) is 3.69. The number of benzene rings is 2. The topological polar surface area (TPSA) is 52.2 Å². The van der Waals surface area contributed by atoms with Crippen LogP contribution in [0.1, 0.15) is 24.1 Å². The lowest BCUT2D eigenvalue weighted by atomic mass is 10.0. The van der Waals surface area contributed by atoms with E-state index >= 15 is 0 Å². The van der Waals surface area contributed by atoms with Gasteiger partial charge in [0, 0.05) is 32.2 Å². The van der Waals surface area contributed by atoms with E-state index in [4.69, 9.17) is 30.5 Å². The molecule has 0 radical (unpaired) electrons. The lowest BCUT2D eigenvalue weighted by Crippen LogP contribution is -2.42. The van der Waals surface area contributed by atoms with Crippen LogP contribution in [-0.2, 0) is 11.3 Å². The molecule has 0 amide bonds. The molecule has 2 aromatic rings. The summed E-state index contributed by atoms with van der Waals surface area (Å²) in [6, 6.07) is 12.5. The molecule has 3 rings (SSSR count). The van der Waals surface area contributed by atoms with Crippen molar-refractivity contribution < 1.29 is 18.9 Å². The van der Waals surface area contributed by atoms with Crippen LogP contribution in [0.3, 0.4) is 0 Å². The maximum absolute atomic E-state index is 6.41. The number of nitrogens with one attached hydrogen (secondary N) is 1. The molecule has 1 heterocycles. The molecule has 1 unspecified atom stereocenters. The number of methoxy groups -OCH3 is 2. The van der Waals surface area contributed by atoms with Gasteiger partial charge in [0.2, 0.25) is 0 Å². The first-order valence-corrected chi connectivity index (χ1v) is 10.7. The Bertz CT molecular complexity index is 795. The molecule has 6 nitrogen and oxygen atoms in total. The van der Waals surface area contributed by atoms with Gasteiger partial charge < -0.3 is 24.3 Å². The molecule has 2 aromatic carbocycles. The molecule has 1 aliphatic rings. The van der Waals surface area contributed by atoms with E-state index in [0.29, 0.717) is 29.7 Å². The van der Waals surface area contributed by atoms with Crippen LogP contribution in [0.15, 0.2) is 36.4 Å². The minimum absolute atomic E-state index is 0.250. The number of rotatable bonds is 10. The highest BCUT2D eigenvalue weighted by Gasteiger charge is 2.22. The highest BCUT2D eigenvalue weighted by molar-refractivity contribution is 6.32. The molecule has 0 spiro atoms. The lowest BCUT2D eigenvalue weighted by molar-refractivity contribution is 0.0161. The predicted molar refractivity (Wildman–Crippen MR) is 119 cm³/mol. The normalized spacial score (nSPS) is 15.6. The minimum Gasteiger partial charge on any atom is -0.497 e. The van der Waals surface area contributed by atoms with Gasteiger partial charge in [-0.1, -0.05) is 23.7 Å². The molecule has 0 aliphatic carbocycles. The first-order chi connectivity index (χ1) is 14.7. The molecule has 30 heavy (non-hydrogen) atoms.